The molecule has 0 unspecified atom stereocenters. The molecule has 1 aromatic carbocycles. The zero-order chi connectivity index (χ0) is 13.9. The Morgan fingerprint density at radius 2 is 2.05 bits per heavy atom. The van der Waals surface area contributed by atoms with E-state index in [1.54, 1.807) is 0 Å². The molecule has 1 aliphatic heterocycles. The fraction of sp³-hybridized carbons (Fsp3) is 0.467. The second-order valence-electron chi connectivity index (χ2n) is 5.15. The van der Waals surface area contributed by atoms with Crippen LogP contribution in [0.2, 0.25) is 0 Å². The summed E-state index contributed by atoms with van der Waals surface area (Å²) in [5, 5.41) is 3.84. The molecular weight excluding hydrogens is 254 g/mol. The van der Waals surface area contributed by atoms with E-state index in [4.69, 9.17) is 9.26 Å². The maximum absolute atomic E-state index is 5.44. The molecule has 1 saturated heterocycles. The first-order valence-electron chi connectivity index (χ1n) is 6.99. The van der Waals surface area contributed by atoms with Crippen molar-refractivity contribution in [2.24, 2.45) is 0 Å². The summed E-state index contributed by atoms with van der Waals surface area (Å²) >= 11 is 0. The highest BCUT2D eigenvalue weighted by Crippen LogP contribution is 2.27. The van der Waals surface area contributed by atoms with Gasteiger partial charge in [-0.2, -0.15) is 4.98 Å². The number of hydrogen-bond acceptors (Lipinski definition) is 5. The topological polar surface area (TPSA) is 51.4 Å². The largest absolute Gasteiger partial charge is 0.494 e. The predicted molar refractivity (Wildman–Crippen MR) is 74.7 cm³/mol. The van der Waals surface area contributed by atoms with E-state index in [1.807, 2.05) is 26.0 Å². The molecule has 2 aromatic rings. The van der Waals surface area contributed by atoms with Gasteiger partial charge in [-0.25, -0.2) is 0 Å². The quantitative estimate of drug-likeness (QED) is 0.837. The monoisotopic (exact) mass is 273 g/mol. The van der Waals surface area contributed by atoms with Gasteiger partial charge in [-0.15, -0.1) is 0 Å². The summed E-state index contributed by atoms with van der Waals surface area (Å²) in [6.07, 6.45) is 0. The molecular formula is C15H19N3O2. The number of likely N-dealkylation sites (tertiary alicyclic amines) is 1. The maximum atomic E-state index is 5.44. The lowest BCUT2D eigenvalue weighted by molar-refractivity contribution is 0.117. The van der Waals surface area contributed by atoms with Crippen LogP contribution in [0.3, 0.4) is 0 Å². The SMILES string of the molecule is CCOc1ccc(CN2CC(c3nc(C)no3)C2)cc1. The molecule has 5 nitrogen and oxygen atoms in total. The summed E-state index contributed by atoms with van der Waals surface area (Å²) in [6, 6.07) is 8.29. The molecule has 106 valence electrons. The number of ether oxygens (including phenoxy) is 1. The first-order chi connectivity index (χ1) is 9.74. The van der Waals surface area contributed by atoms with Crippen LogP contribution in [0.5, 0.6) is 5.75 Å². The number of benzene rings is 1. The van der Waals surface area contributed by atoms with Gasteiger partial charge in [0.25, 0.3) is 0 Å². The van der Waals surface area contributed by atoms with Crippen LogP contribution >= 0.6 is 0 Å². The standard InChI is InChI=1S/C15H19N3O2/c1-3-19-14-6-4-12(5-7-14)8-18-9-13(10-18)15-16-11(2)17-20-15/h4-7,13H,3,8-10H2,1-2H3. The van der Waals surface area contributed by atoms with E-state index < -0.39 is 0 Å². The van der Waals surface area contributed by atoms with Crippen molar-refractivity contribution >= 4 is 0 Å². The molecule has 0 bridgehead atoms. The predicted octanol–water partition coefficient (Wildman–Crippen LogP) is 2.38. The molecule has 1 fully saturated rings. The van der Waals surface area contributed by atoms with Crippen LogP contribution < -0.4 is 4.74 Å². The highest BCUT2D eigenvalue weighted by atomic mass is 16.5. The molecule has 0 amide bonds. The second-order valence-corrected chi connectivity index (χ2v) is 5.15. The Kier molecular flexibility index (Phi) is 3.69. The lowest BCUT2D eigenvalue weighted by Gasteiger charge is -2.37. The van der Waals surface area contributed by atoms with Crippen LogP contribution in [0.4, 0.5) is 0 Å². The van der Waals surface area contributed by atoms with Gasteiger partial charge in [0.1, 0.15) is 5.75 Å². The number of aryl methyl sites for hydroxylation is 1. The van der Waals surface area contributed by atoms with Gasteiger partial charge in [-0.05, 0) is 31.5 Å². The van der Waals surface area contributed by atoms with Crippen molar-refractivity contribution in [1.82, 2.24) is 15.0 Å². The number of nitrogens with zero attached hydrogens (tertiary/aromatic N) is 3. The van der Waals surface area contributed by atoms with Crippen molar-refractivity contribution < 1.29 is 9.26 Å². The molecule has 0 saturated carbocycles. The van der Waals surface area contributed by atoms with Gasteiger partial charge >= 0.3 is 0 Å². The highest BCUT2D eigenvalue weighted by Gasteiger charge is 2.32. The van der Waals surface area contributed by atoms with E-state index in [-0.39, 0.29) is 0 Å². The molecule has 1 aliphatic rings. The van der Waals surface area contributed by atoms with Crippen LogP contribution in [-0.4, -0.2) is 34.7 Å². The fourth-order valence-corrected chi connectivity index (χ4v) is 2.45. The first kappa shape index (κ1) is 13.1. The normalized spacial score (nSPS) is 16.1. The average molecular weight is 273 g/mol. The Morgan fingerprint density at radius 3 is 2.65 bits per heavy atom. The van der Waals surface area contributed by atoms with Crippen molar-refractivity contribution in [3.05, 3.63) is 41.5 Å². The lowest BCUT2D eigenvalue weighted by Crippen LogP contribution is -2.44. The molecule has 5 heteroatoms. The number of aromatic nitrogens is 2. The van der Waals surface area contributed by atoms with Gasteiger partial charge in [-0.3, -0.25) is 4.90 Å². The molecule has 1 aromatic heterocycles. The maximum Gasteiger partial charge on any atom is 0.232 e. The first-order valence-corrected chi connectivity index (χ1v) is 6.99. The summed E-state index contributed by atoms with van der Waals surface area (Å²) in [5.74, 6) is 2.80. The molecule has 20 heavy (non-hydrogen) atoms. The second kappa shape index (κ2) is 5.63. The third kappa shape index (κ3) is 2.82. The van der Waals surface area contributed by atoms with Gasteiger partial charge in [0.2, 0.25) is 5.89 Å². The third-order valence-electron chi connectivity index (χ3n) is 3.49. The van der Waals surface area contributed by atoms with Gasteiger partial charge in [0.15, 0.2) is 5.82 Å². The van der Waals surface area contributed by atoms with Crippen LogP contribution in [0, 0.1) is 6.92 Å². The minimum absolute atomic E-state index is 0.388. The van der Waals surface area contributed by atoms with Crippen molar-refractivity contribution in [2.75, 3.05) is 19.7 Å². The van der Waals surface area contributed by atoms with Crippen LogP contribution in [0.25, 0.3) is 0 Å². The summed E-state index contributed by atoms with van der Waals surface area (Å²) in [6.45, 7) is 7.47. The summed E-state index contributed by atoms with van der Waals surface area (Å²) in [5.41, 5.74) is 1.30. The number of hydrogen-bond donors (Lipinski definition) is 0. The molecule has 0 N–H and O–H groups in total. The Morgan fingerprint density at radius 1 is 1.30 bits per heavy atom. The Labute approximate surface area is 118 Å². The average Bonchev–Trinajstić information content (AvgIpc) is 2.82. The minimum atomic E-state index is 0.388. The van der Waals surface area contributed by atoms with Gasteiger partial charge in [-0.1, -0.05) is 17.3 Å². The molecule has 0 atom stereocenters. The lowest BCUT2D eigenvalue weighted by atomic mass is 9.99. The van der Waals surface area contributed by atoms with Crippen molar-refractivity contribution in [1.29, 1.82) is 0 Å². The molecule has 0 spiro atoms. The van der Waals surface area contributed by atoms with Crippen LogP contribution in [-0.2, 0) is 6.54 Å². The van der Waals surface area contributed by atoms with E-state index in [9.17, 15) is 0 Å². The van der Waals surface area contributed by atoms with Crippen molar-refractivity contribution in [3.63, 3.8) is 0 Å². The Bertz CT molecular complexity index is 559. The summed E-state index contributed by atoms with van der Waals surface area (Å²) in [7, 11) is 0. The summed E-state index contributed by atoms with van der Waals surface area (Å²) in [4.78, 5) is 6.66. The van der Waals surface area contributed by atoms with E-state index >= 15 is 0 Å². The van der Waals surface area contributed by atoms with Gasteiger partial charge < -0.3 is 9.26 Å². The molecule has 0 radical (unpaired) electrons. The fourth-order valence-electron chi connectivity index (χ4n) is 2.45. The van der Waals surface area contributed by atoms with E-state index in [1.165, 1.54) is 5.56 Å². The minimum Gasteiger partial charge on any atom is -0.494 e. The third-order valence-corrected chi connectivity index (χ3v) is 3.49. The van der Waals surface area contributed by atoms with E-state index in [0.29, 0.717) is 18.3 Å². The number of rotatable bonds is 5. The van der Waals surface area contributed by atoms with Crippen LogP contribution in [0.1, 0.15) is 30.1 Å². The van der Waals surface area contributed by atoms with Gasteiger partial charge in [0.05, 0.1) is 12.5 Å². The van der Waals surface area contributed by atoms with Crippen molar-refractivity contribution in [2.45, 2.75) is 26.3 Å². The molecule has 3 rings (SSSR count). The molecule has 0 aliphatic carbocycles. The summed E-state index contributed by atoms with van der Waals surface area (Å²) < 4.78 is 10.6. The highest BCUT2D eigenvalue weighted by molar-refractivity contribution is 5.27. The Balaban J connectivity index is 1.51. The molecule has 2 heterocycles. The van der Waals surface area contributed by atoms with Crippen molar-refractivity contribution in [3.8, 4) is 5.75 Å². The van der Waals surface area contributed by atoms with E-state index in [2.05, 4.69) is 27.2 Å². The zero-order valence-corrected chi connectivity index (χ0v) is 11.9. The zero-order valence-electron chi connectivity index (χ0n) is 11.9. The van der Waals surface area contributed by atoms with E-state index in [0.717, 1.165) is 31.3 Å². The van der Waals surface area contributed by atoms with Crippen LogP contribution in [0.15, 0.2) is 28.8 Å². The smallest absolute Gasteiger partial charge is 0.232 e. The Hall–Kier alpha value is -1.88. The van der Waals surface area contributed by atoms with Gasteiger partial charge in [0, 0.05) is 19.6 Å².